The molecule has 0 fully saturated rings. The molecule has 2 aromatic carbocycles. The number of carbonyl (C=O) groups is 1. The Kier molecular flexibility index (Phi) is 5.28. The van der Waals surface area contributed by atoms with E-state index in [0.29, 0.717) is 17.2 Å². The number of anilines is 1. The molecule has 0 aliphatic rings. The van der Waals surface area contributed by atoms with Gasteiger partial charge in [-0.05, 0) is 49.7 Å². The lowest BCUT2D eigenvalue weighted by molar-refractivity contribution is 0.241. The number of hydrogen-bond acceptors (Lipinski definition) is 3. The summed E-state index contributed by atoms with van der Waals surface area (Å²) < 4.78 is 23.7. The molecule has 0 bridgehead atoms. The van der Waals surface area contributed by atoms with Gasteiger partial charge in [-0.25, -0.2) is 9.18 Å². The van der Waals surface area contributed by atoms with E-state index in [4.69, 9.17) is 9.47 Å². The molecule has 0 spiro atoms. The molecular formula is C18H21FN2O3. The summed E-state index contributed by atoms with van der Waals surface area (Å²) in [5, 5.41) is 5.47. The lowest BCUT2D eigenvalue weighted by Crippen LogP contribution is -2.43. The molecule has 0 saturated heterocycles. The normalized spacial score (nSPS) is 10.9. The van der Waals surface area contributed by atoms with Crippen molar-refractivity contribution in [3.63, 3.8) is 0 Å². The Morgan fingerprint density at radius 2 is 1.75 bits per heavy atom. The van der Waals surface area contributed by atoms with Crippen molar-refractivity contribution in [1.29, 1.82) is 0 Å². The van der Waals surface area contributed by atoms with Gasteiger partial charge in [-0.15, -0.1) is 0 Å². The fourth-order valence-electron chi connectivity index (χ4n) is 2.31. The van der Waals surface area contributed by atoms with Crippen molar-refractivity contribution in [2.24, 2.45) is 0 Å². The predicted octanol–water partition coefficient (Wildman–Crippen LogP) is 3.90. The Labute approximate surface area is 140 Å². The summed E-state index contributed by atoms with van der Waals surface area (Å²) in [4.78, 5) is 12.2. The topological polar surface area (TPSA) is 59.6 Å². The molecule has 0 radical (unpaired) electrons. The standard InChI is InChI=1S/C18H21FN2O3/c1-18(2,12-8-9-15(23-3)16(10-12)24-4)21-17(22)20-14-7-5-6-13(19)11-14/h5-11H,1-4H3,(H2,20,21,22). The molecule has 5 nitrogen and oxygen atoms in total. The third-order valence-electron chi connectivity index (χ3n) is 3.61. The van der Waals surface area contributed by atoms with Crippen LogP contribution in [-0.2, 0) is 5.54 Å². The molecule has 6 heteroatoms. The number of urea groups is 1. The minimum atomic E-state index is -0.670. The van der Waals surface area contributed by atoms with E-state index in [9.17, 15) is 9.18 Å². The van der Waals surface area contributed by atoms with E-state index in [2.05, 4.69) is 10.6 Å². The second-order valence-corrected chi connectivity index (χ2v) is 5.78. The zero-order valence-electron chi connectivity index (χ0n) is 14.1. The highest BCUT2D eigenvalue weighted by atomic mass is 19.1. The first kappa shape index (κ1) is 17.6. The number of nitrogens with one attached hydrogen (secondary N) is 2. The van der Waals surface area contributed by atoms with E-state index < -0.39 is 17.4 Å². The summed E-state index contributed by atoms with van der Waals surface area (Å²) in [6.45, 7) is 3.72. The summed E-state index contributed by atoms with van der Waals surface area (Å²) >= 11 is 0. The molecule has 128 valence electrons. The summed E-state index contributed by atoms with van der Waals surface area (Å²) in [5.74, 6) is 0.781. The monoisotopic (exact) mass is 332 g/mol. The molecule has 2 N–H and O–H groups in total. The maximum absolute atomic E-state index is 13.2. The van der Waals surface area contributed by atoms with E-state index in [1.807, 2.05) is 19.9 Å². The molecule has 24 heavy (non-hydrogen) atoms. The van der Waals surface area contributed by atoms with Gasteiger partial charge in [0.2, 0.25) is 0 Å². The van der Waals surface area contributed by atoms with Gasteiger partial charge >= 0.3 is 6.03 Å². The maximum atomic E-state index is 13.2. The molecular weight excluding hydrogens is 311 g/mol. The van der Waals surface area contributed by atoms with Gasteiger partial charge < -0.3 is 20.1 Å². The van der Waals surface area contributed by atoms with Crippen LogP contribution in [0.1, 0.15) is 19.4 Å². The first-order valence-electron chi connectivity index (χ1n) is 7.43. The highest BCUT2D eigenvalue weighted by Gasteiger charge is 2.24. The maximum Gasteiger partial charge on any atom is 0.319 e. The SMILES string of the molecule is COc1ccc(C(C)(C)NC(=O)Nc2cccc(F)c2)cc1OC. The van der Waals surface area contributed by atoms with Crippen molar-refractivity contribution in [2.45, 2.75) is 19.4 Å². The summed E-state index contributed by atoms with van der Waals surface area (Å²) in [7, 11) is 3.12. The number of halogens is 1. The lowest BCUT2D eigenvalue weighted by Gasteiger charge is -2.27. The van der Waals surface area contributed by atoms with Crippen LogP contribution in [0.3, 0.4) is 0 Å². The Morgan fingerprint density at radius 1 is 1.04 bits per heavy atom. The molecule has 0 saturated carbocycles. The first-order chi connectivity index (χ1) is 11.4. The van der Waals surface area contributed by atoms with Crippen molar-refractivity contribution in [3.05, 3.63) is 53.8 Å². The van der Waals surface area contributed by atoms with Crippen molar-refractivity contribution >= 4 is 11.7 Å². The van der Waals surface area contributed by atoms with Crippen molar-refractivity contribution in [2.75, 3.05) is 19.5 Å². The molecule has 0 aromatic heterocycles. The number of benzene rings is 2. The molecule has 2 amide bonds. The third kappa shape index (κ3) is 4.16. The summed E-state index contributed by atoms with van der Waals surface area (Å²) in [6, 6.07) is 10.7. The first-order valence-corrected chi connectivity index (χ1v) is 7.43. The van der Waals surface area contributed by atoms with E-state index in [1.54, 1.807) is 32.4 Å². The van der Waals surface area contributed by atoms with Gasteiger partial charge in [-0.3, -0.25) is 0 Å². The van der Waals surface area contributed by atoms with Crippen molar-refractivity contribution in [3.8, 4) is 11.5 Å². The van der Waals surface area contributed by atoms with Crippen LogP contribution in [0.15, 0.2) is 42.5 Å². The Balaban J connectivity index is 2.13. The largest absolute Gasteiger partial charge is 0.493 e. The van der Waals surface area contributed by atoms with E-state index in [-0.39, 0.29) is 0 Å². The molecule has 2 aromatic rings. The smallest absolute Gasteiger partial charge is 0.319 e. The van der Waals surface area contributed by atoms with Gasteiger partial charge in [-0.2, -0.15) is 0 Å². The van der Waals surface area contributed by atoms with Crippen LogP contribution in [-0.4, -0.2) is 20.3 Å². The fraction of sp³-hybridized carbons (Fsp3) is 0.278. The molecule has 0 atom stereocenters. The van der Waals surface area contributed by atoms with Crippen molar-refractivity contribution < 1.29 is 18.7 Å². The molecule has 0 aliphatic heterocycles. The number of ether oxygens (including phenoxy) is 2. The Bertz CT molecular complexity index is 732. The molecule has 0 aliphatic carbocycles. The second-order valence-electron chi connectivity index (χ2n) is 5.78. The average Bonchev–Trinajstić information content (AvgIpc) is 2.53. The molecule has 2 rings (SSSR count). The Morgan fingerprint density at radius 3 is 2.38 bits per heavy atom. The van der Waals surface area contributed by atoms with Gasteiger partial charge in [0, 0.05) is 5.69 Å². The molecule has 0 heterocycles. The number of methoxy groups -OCH3 is 2. The van der Waals surface area contributed by atoms with Crippen LogP contribution in [0.5, 0.6) is 11.5 Å². The Hall–Kier alpha value is -2.76. The van der Waals surface area contributed by atoms with Crippen LogP contribution in [0.2, 0.25) is 0 Å². The summed E-state index contributed by atoms with van der Waals surface area (Å²) in [6.07, 6.45) is 0. The van der Waals surface area contributed by atoms with Crippen LogP contribution in [0.4, 0.5) is 14.9 Å². The quantitative estimate of drug-likeness (QED) is 0.873. The van der Waals surface area contributed by atoms with Gasteiger partial charge in [-0.1, -0.05) is 12.1 Å². The number of carbonyl (C=O) groups excluding carboxylic acids is 1. The summed E-state index contributed by atoms with van der Waals surface area (Å²) in [5.41, 5.74) is 0.557. The van der Waals surface area contributed by atoms with Gasteiger partial charge in [0.1, 0.15) is 5.82 Å². The third-order valence-corrected chi connectivity index (χ3v) is 3.61. The van der Waals surface area contributed by atoms with E-state index in [1.165, 1.54) is 18.2 Å². The minimum Gasteiger partial charge on any atom is -0.493 e. The van der Waals surface area contributed by atoms with Gasteiger partial charge in [0.15, 0.2) is 11.5 Å². The van der Waals surface area contributed by atoms with E-state index >= 15 is 0 Å². The molecule has 0 unspecified atom stereocenters. The average molecular weight is 332 g/mol. The van der Waals surface area contributed by atoms with Gasteiger partial charge in [0.25, 0.3) is 0 Å². The minimum absolute atomic E-state index is 0.385. The van der Waals surface area contributed by atoms with Crippen molar-refractivity contribution in [1.82, 2.24) is 5.32 Å². The van der Waals surface area contributed by atoms with Crippen LogP contribution in [0, 0.1) is 5.82 Å². The number of hydrogen-bond donors (Lipinski definition) is 2. The predicted molar refractivity (Wildman–Crippen MR) is 91.1 cm³/mol. The van der Waals surface area contributed by atoms with Gasteiger partial charge in [0.05, 0.1) is 19.8 Å². The fourth-order valence-corrected chi connectivity index (χ4v) is 2.31. The lowest BCUT2D eigenvalue weighted by atomic mass is 9.94. The number of amides is 2. The second kappa shape index (κ2) is 7.21. The van der Waals surface area contributed by atoms with Crippen LogP contribution in [0.25, 0.3) is 0 Å². The highest BCUT2D eigenvalue weighted by Crippen LogP contribution is 2.32. The van der Waals surface area contributed by atoms with Crippen LogP contribution >= 0.6 is 0 Å². The number of rotatable bonds is 5. The zero-order valence-corrected chi connectivity index (χ0v) is 14.1. The van der Waals surface area contributed by atoms with Crippen LogP contribution < -0.4 is 20.1 Å². The highest BCUT2D eigenvalue weighted by molar-refractivity contribution is 5.89. The van der Waals surface area contributed by atoms with E-state index in [0.717, 1.165) is 5.56 Å². The zero-order chi connectivity index (χ0) is 17.7.